The number of rotatable bonds is 5. The Hall–Kier alpha value is -2.24. The molecule has 1 aromatic carbocycles. The molecule has 1 N–H and O–H groups in total. The smallest absolute Gasteiger partial charge is 0.395 e. The number of fused-ring (bicyclic) bond motifs is 1. The van der Waals surface area contributed by atoms with E-state index in [1.807, 2.05) is 12.3 Å². The lowest BCUT2D eigenvalue weighted by Gasteiger charge is -2.06. The number of nitrogens with one attached hydrogen (secondary N) is 1. The predicted molar refractivity (Wildman–Crippen MR) is 74.7 cm³/mol. The lowest BCUT2D eigenvalue weighted by molar-refractivity contribution is -0.286. The van der Waals surface area contributed by atoms with E-state index >= 15 is 0 Å². The summed E-state index contributed by atoms with van der Waals surface area (Å²) in [6.07, 6.45) is 1.61. The highest BCUT2D eigenvalue weighted by atomic mass is 19.3. The van der Waals surface area contributed by atoms with Crippen LogP contribution in [0, 0.1) is 0 Å². The molecule has 3 rings (SSSR count). The van der Waals surface area contributed by atoms with Crippen LogP contribution in [0.2, 0.25) is 0 Å². The lowest BCUT2D eigenvalue weighted by Crippen LogP contribution is -2.25. The Morgan fingerprint density at radius 3 is 2.81 bits per heavy atom. The van der Waals surface area contributed by atoms with Gasteiger partial charge in [0.15, 0.2) is 11.5 Å². The summed E-state index contributed by atoms with van der Waals surface area (Å²) in [7, 11) is 0. The van der Waals surface area contributed by atoms with E-state index in [1.165, 1.54) is 12.1 Å². The van der Waals surface area contributed by atoms with Crippen molar-refractivity contribution < 1.29 is 18.3 Å². The van der Waals surface area contributed by atoms with Gasteiger partial charge in [0.05, 0.1) is 0 Å². The van der Waals surface area contributed by atoms with Crippen LogP contribution >= 0.6 is 0 Å². The zero-order valence-electron chi connectivity index (χ0n) is 11.6. The molecule has 0 unspecified atom stereocenters. The third-order valence-electron chi connectivity index (χ3n) is 3.19. The molecule has 1 aromatic heterocycles. The molecule has 0 atom stereocenters. The molecule has 2 heterocycles. The molecular formula is C15H16F2N2O2. The van der Waals surface area contributed by atoms with Crippen LogP contribution < -0.4 is 14.8 Å². The van der Waals surface area contributed by atoms with E-state index in [0.29, 0.717) is 12.2 Å². The summed E-state index contributed by atoms with van der Waals surface area (Å²) >= 11 is 0. The van der Waals surface area contributed by atoms with Gasteiger partial charge in [-0.2, -0.15) is 0 Å². The average molecular weight is 294 g/mol. The summed E-state index contributed by atoms with van der Waals surface area (Å²) in [4.78, 5) is 0. The quantitative estimate of drug-likeness (QED) is 0.910. The predicted octanol–water partition coefficient (Wildman–Crippen LogP) is 3.83. The van der Waals surface area contributed by atoms with Crippen LogP contribution in [0.4, 0.5) is 14.5 Å². The lowest BCUT2D eigenvalue weighted by atomic mass is 10.2. The van der Waals surface area contributed by atoms with Gasteiger partial charge in [-0.05, 0) is 30.2 Å². The van der Waals surface area contributed by atoms with E-state index in [4.69, 9.17) is 0 Å². The number of aryl methyl sites for hydroxylation is 1. The van der Waals surface area contributed by atoms with Crippen LogP contribution in [-0.2, 0) is 13.1 Å². The van der Waals surface area contributed by atoms with Gasteiger partial charge in [0.1, 0.15) is 0 Å². The summed E-state index contributed by atoms with van der Waals surface area (Å²) in [6.45, 7) is 3.73. The van der Waals surface area contributed by atoms with Crippen LogP contribution in [-0.4, -0.2) is 10.9 Å². The van der Waals surface area contributed by atoms with Crippen molar-refractivity contribution in [3.05, 3.63) is 42.2 Å². The number of alkyl halides is 2. The van der Waals surface area contributed by atoms with Gasteiger partial charge >= 0.3 is 6.29 Å². The molecule has 0 fully saturated rings. The van der Waals surface area contributed by atoms with Crippen molar-refractivity contribution in [2.45, 2.75) is 32.7 Å². The largest absolute Gasteiger partial charge is 0.586 e. The van der Waals surface area contributed by atoms with Gasteiger partial charge < -0.3 is 19.4 Å². The van der Waals surface area contributed by atoms with E-state index < -0.39 is 6.29 Å². The normalized spacial score (nSPS) is 15.2. The number of hydrogen-bond acceptors (Lipinski definition) is 3. The molecule has 0 saturated heterocycles. The van der Waals surface area contributed by atoms with Crippen LogP contribution in [0.5, 0.6) is 11.5 Å². The van der Waals surface area contributed by atoms with Gasteiger partial charge in [0.25, 0.3) is 0 Å². The van der Waals surface area contributed by atoms with Gasteiger partial charge in [0.2, 0.25) is 0 Å². The minimum atomic E-state index is -3.57. The Labute approximate surface area is 121 Å². The molecule has 0 saturated carbocycles. The third-order valence-corrected chi connectivity index (χ3v) is 3.19. The van der Waals surface area contributed by atoms with Crippen molar-refractivity contribution >= 4 is 5.69 Å². The number of hydrogen-bond donors (Lipinski definition) is 1. The summed E-state index contributed by atoms with van der Waals surface area (Å²) in [5.74, 6) is 0.105. The molecule has 0 bridgehead atoms. The van der Waals surface area contributed by atoms with Crippen molar-refractivity contribution in [3.63, 3.8) is 0 Å². The first-order valence-corrected chi connectivity index (χ1v) is 6.84. The number of anilines is 1. The molecule has 21 heavy (non-hydrogen) atoms. The highest BCUT2D eigenvalue weighted by Gasteiger charge is 2.43. The second-order valence-electron chi connectivity index (χ2n) is 4.94. The highest BCUT2D eigenvalue weighted by Crippen LogP contribution is 2.42. The standard InChI is InChI=1S/C15H16F2N2O2/c1-2-6-19-7-5-11(10-19)9-18-12-3-4-13-14(8-12)21-15(16,17)20-13/h3-5,7-8,10,18H,2,6,9H2,1H3. The monoisotopic (exact) mass is 294 g/mol. The third kappa shape index (κ3) is 3.09. The van der Waals surface area contributed by atoms with E-state index in [9.17, 15) is 8.78 Å². The molecule has 1 aliphatic heterocycles. The molecule has 0 spiro atoms. The van der Waals surface area contributed by atoms with Crippen LogP contribution in [0.1, 0.15) is 18.9 Å². The Kier molecular flexibility index (Phi) is 3.45. The molecule has 1 aliphatic rings. The van der Waals surface area contributed by atoms with Gasteiger partial charge in [-0.3, -0.25) is 0 Å². The zero-order chi connectivity index (χ0) is 14.9. The van der Waals surface area contributed by atoms with Crippen molar-refractivity contribution in [1.29, 1.82) is 0 Å². The van der Waals surface area contributed by atoms with E-state index in [1.54, 1.807) is 6.07 Å². The zero-order valence-corrected chi connectivity index (χ0v) is 11.6. The Bertz CT molecular complexity index is 640. The van der Waals surface area contributed by atoms with Gasteiger partial charge in [-0.25, -0.2) is 0 Å². The summed E-state index contributed by atoms with van der Waals surface area (Å²) < 4.78 is 36.8. The number of halogens is 2. The molecule has 0 aliphatic carbocycles. The van der Waals surface area contributed by atoms with Crippen molar-refractivity contribution in [3.8, 4) is 11.5 Å². The molecule has 2 aromatic rings. The average Bonchev–Trinajstić information content (AvgIpc) is 2.98. The van der Waals surface area contributed by atoms with E-state index in [-0.39, 0.29) is 11.5 Å². The minimum Gasteiger partial charge on any atom is -0.395 e. The van der Waals surface area contributed by atoms with Gasteiger partial charge in [-0.15, -0.1) is 8.78 Å². The Balaban J connectivity index is 1.64. The fourth-order valence-corrected chi connectivity index (χ4v) is 2.26. The number of nitrogens with zero attached hydrogens (tertiary/aromatic N) is 1. The minimum absolute atomic E-state index is 0.0496. The first kappa shape index (κ1) is 13.7. The Morgan fingerprint density at radius 2 is 2.00 bits per heavy atom. The van der Waals surface area contributed by atoms with Crippen molar-refractivity contribution in [2.75, 3.05) is 5.32 Å². The van der Waals surface area contributed by atoms with Gasteiger partial charge in [0, 0.05) is 37.2 Å². The fourth-order valence-electron chi connectivity index (χ4n) is 2.26. The number of aromatic nitrogens is 1. The highest BCUT2D eigenvalue weighted by molar-refractivity contribution is 5.56. The summed E-state index contributed by atoms with van der Waals surface area (Å²) in [5.41, 5.74) is 1.84. The molecule has 0 amide bonds. The molecule has 0 radical (unpaired) electrons. The Morgan fingerprint density at radius 1 is 1.19 bits per heavy atom. The maximum Gasteiger partial charge on any atom is 0.586 e. The van der Waals surface area contributed by atoms with Crippen molar-refractivity contribution in [1.82, 2.24) is 4.57 Å². The second kappa shape index (κ2) is 5.27. The maximum atomic E-state index is 12.9. The van der Waals surface area contributed by atoms with Crippen molar-refractivity contribution in [2.24, 2.45) is 0 Å². The van der Waals surface area contributed by atoms with E-state index in [0.717, 1.165) is 18.5 Å². The van der Waals surface area contributed by atoms with Crippen LogP contribution in [0.3, 0.4) is 0 Å². The van der Waals surface area contributed by atoms with E-state index in [2.05, 4.69) is 32.5 Å². The fraction of sp³-hybridized carbons (Fsp3) is 0.333. The SMILES string of the molecule is CCCn1ccc(CNc2ccc3c(c2)OC(F)(F)O3)c1. The topological polar surface area (TPSA) is 35.4 Å². The van der Waals surface area contributed by atoms with Gasteiger partial charge in [-0.1, -0.05) is 6.92 Å². The van der Waals surface area contributed by atoms with Crippen LogP contribution in [0.15, 0.2) is 36.7 Å². The second-order valence-corrected chi connectivity index (χ2v) is 4.94. The maximum absolute atomic E-state index is 12.9. The molecule has 112 valence electrons. The first-order valence-electron chi connectivity index (χ1n) is 6.84. The number of ether oxygens (including phenoxy) is 2. The molecule has 6 heteroatoms. The number of benzene rings is 1. The first-order chi connectivity index (χ1) is 10.1. The van der Waals surface area contributed by atoms with Crippen LogP contribution in [0.25, 0.3) is 0 Å². The molecular weight excluding hydrogens is 278 g/mol. The summed E-state index contributed by atoms with van der Waals surface area (Å²) in [5, 5.41) is 3.18. The molecule has 4 nitrogen and oxygen atoms in total. The summed E-state index contributed by atoms with van der Waals surface area (Å²) in [6, 6.07) is 6.70.